The summed E-state index contributed by atoms with van der Waals surface area (Å²) < 4.78 is 10.8. The molecule has 8 heteroatoms. The summed E-state index contributed by atoms with van der Waals surface area (Å²) in [5.41, 5.74) is 1.62. The third-order valence-corrected chi connectivity index (χ3v) is 6.24. The van der Waals surface area contributed by atoms with E-state index in [-0.39, 0.29) is 11.9 Å². The van der Waals surface area contributed by atoms with Gasteiger partial charge in [-0.3, -0.25) is 14.6 Å². The van der Waals surface area contributed by atoms with Crippen LogP contribution in [0, 0.1) is 0 Å². The van der Waals surface area contributed by atoms with E-state index < -0.39 is 0 Å². The fourth-order valence-corrected chi connectivity index (χ4v) is 3.91. The molecule has 162 valence electrons. The molecule has 30 heavy (non-hydrogen) atoms. The van der Waals surface area contributed by atoms with Crippen LogP contribution in [0.3, 0.4) is 0 Å². The summed E-state index contributed by atoms with van der Waals surface area (Å²) in [5.74, 6) is 1.57. The maximum Gasteiger partial charge on any atom is 0.241 e. The average Bonchev–Trinajstić information content (AvgIpc) is 2.76. The predicted molar refractivity (Wildman–Crippen MR) is 121 cm³/mol. The highest BCUT2D eigenvalue weighted by Gasteiger charge is 2.26. The molecule has 1 saturated heterocycles. The average molecular weight is 452 g/mol. The quantitative estimate of drug-likeness (QED) is 0.684. The van der Waals surface area contributed by atoms with Gasteiger partial charge < -0.3 is 14.8 Å². The van der Waals surface area contributed by atoms with Crippen LogP contribution in [0.25, 0.3) is 0 Å². The molecule has 1 aliphatic rings. The van der Waals surface area contributed by atoms with Gasteiger partial charge >= 0.3 is 0 Å². The molecule has 0 bridgehead atoms. The second-order valence-electron chi connectivity index (χ2n) is 7.26. The first-order valence-electron chi connectivity index (χ1n) is 9.85. The van der Waals surface area contributed by atoms with Crippen LogP contribution in [0.5, 0.6) is 11.5 Å². The lowest BCUT2D eigenvalue weighted by molar-refractivity contribution is -0.121. The molecule has 2 aromatic rings. The first kappa shape index (κ1) is 22.7. The second-order valence-corrected chi connectivity index (χ2v) is 8.04. The molecule has 3 rings (SSSR count). The molecule has 0 spiro atoms. The fraction of sp³-hybridized carbons (Fsp3) is 0.409. The Kier molecular flexibility index (Phi) is 7.83. The topological polar surface area (TPSA) is 54.0 Å². The Morgan fingerprint density at radius 3 is 2.50 bits per heavy atom. The maximum absolute atomic E-state index is 12.7. The van der Waals surface area contributed by atoms with Gasteiger partial charge in [0, 0.05) is 38.3 Å². The molecule has 1 N–H and O–H groups in total. The summed E-state index contributed by atoms with van der Waals surface area (Å²) in [7, 11) is 3.34. The number of carbonyl (C=O) groups is 1. The van der Waals surface area contributed by atoms with Crippen molar-refractivity contribution >= 4 is 34.8 Å². The van der Waals surface area contributed by atoms with Gasteiger partial charge in [-0.25, -0.2) is 0 Å². The number of halogens is 2. The zero-order valence-electron chi connectivity index (χ0n) is 17.5. The van der Waals surface area contributed by atoms with Gasteiger partial charge in [-0.1, -0.05) is 29.3 Å². The van der Waals surface area contributed by atoms with Gasteiger partial charge in [-0.2, -0.15) is 0 Å². The lowest BCUT2D eigenvalue weighted by Gasteiger charge is -2.37. The van der Waals surface area contributed by atoms with E-state index in [1.165, 1.54) is 0 Å². The number of hydrogen-bond donors (Lipinski definition) is 1. The molecule has 6 nitrogen and oxygen atoms in total. The monoisotopic (exact) mass is 451 g/mol. The summed E-state index contributed by atoms with van der Waals surface area (Å²) >= 11 is 12.2. The molecule has 0 saturated carbocycles. The Morgan fingerprint density at radius 2 is 1.83 bits per heavy atom. The van der Waals surface area contributed by atoms with Crippen LogP contribution in [0.2, 0.25) is 10.0 Å². The standard InChI is InChI=1S/C22H27Cl2N3O3/c1-15(22(28)25-19-6-4-5-18(23)21(19)24)27-11-9-26(10-12-27)14-16-13-17(29-2)7-8-20(16)30-3/h4-8,13,15H,9-12,14H2,1-3H3,(H,25,28)/t15-/m0/s1. The molecular formula is C22H27Cl2N3O3. The number of nitrogens with one attached hydrogen (secondary N) is 1. The van der Waals surface area contributed by atoms with Crippen molar-refractivity contribution in [2.45, 2.75) is 19.5 Å². The van der Waals surface area contributed by atoms with E-state index in [1.54, 1.807) is 32.4 Å². The number of carbonyl (C=O) groups excluding carboxylic acids is 1. The minimum Gasteiger partial charge on any atom is -0.497 e. The summed E-state index contributed by atoms with van der Waals surface area (Å²) in [6.07, 6.45) is 0. The smallest absolute Gasteiger partial charge is 0.241 e. The molecule has 1 heterocycles. The van der Waals surface area contributed by atoms with Crippen molar-refractivity contribution in [2.75, 3.05) is 45.7 Å². The molecule has 0 radical (unpaired) electrons. The van der Waals surface area contributed by atoms with Crippen molar-refractivity contribution in [1.29, 1.82) is 0 Å². The summed E-state index contributed by atoms with van der Waals surface area (Å²) in [6.45, 7) is 5.99. The van der Waals surface area contributed by atoms with Gasteiger partial charge in [0.2, 0.25) is 5.91 Å². The highest BCUT2D eigenvalue weighted by Crippen LogP contribution is 2.30. The molecule has 0 aromatic heterocycles. The van der Waals surface area contributed by atoms with Crippen LogP contribution in [0.4, 0.5) is 5.69 Å². The van der Waals surface area contributed by atoms with Gasteiger partial charge in [-0.05, 0) is 37.3 Å². The maximum atomic E-state index is 12.7. The van der Waals surface area contributed by atoms with Crippen molar-refractivity contribution in [3.05, 3.63) is 52.0 Å². The van der Waals surface area contributed by atoms with Crippen LogP contribution in [-0.2, 0) is 11.3 Å². The Bertz CT molecular complexity index is 886. The van der Waals surface area contributed by atoms with Crippen LogP contribution < -0.4 is 14.8 Å². The molecule has 1 fully saturated rings. The highest BCUT2D eigenvalue weighted by molar-refractivity contribution is 6.44. The molecule has 0 unspecified atom stereocenters. The lowest BCUT2D eigenvalue weighted by atomic mass is 10.1. The minimum atomic E-state index is -0.270. The van der Waals surface area contributed by atoms with Crippen molar-refractivity contribution in [2.24, 2.45) is 0 Å². The van der Waals surface area contributed by atoms with E-state index >= 15 is 0 Å². The number of anilines is 1. The van der Waals surface area contributed by atoms with E-state index in [9.17, 15) is 4.79 Å². The zero-order chi connectivity index (χ0) is 21.7. The SMILES string of the molecule is COc1ccc(OC)c(CN2CCN([C@@H](C)C(=O)Nc3cccc(Cl)c3Cl)CC2)c1. The number of nitrogens with zero attached hydrogens (tertiary/aromatic N) is 2. The van der Waals surface area contributed by atoms with Crippen LogP contribution in [0.1, 0.15) is 12.5 Å². The Balaban J connectivity index is 1.56. The third kappa shape index (κ3) is 5.38. The van der Waals surface area contributed by atoms with Gasteiger partial charge in [0.25, 0.3) is 0 Å². The molecular weight excluding hydrogens is 425 g/mol. The summed E-state index contributed by atoms with van der Waals surface area (Å²) in [6, 6.07) is 10.8. The number of hydrogen-bond acceptors (Lipinski definition) is 5. The van der Waals surface area contributed by atoms with Gasteiger partial charge in [-0.15, -0.1) is 0 Å². The number of methoxy groups -OCH3 is 2. The molecule has 1 atom stereocenters. The zero-order valence-corrected chi connectivity index (χ0v) is 19.0. The number of rotatable bonds is 7. The predicted octanol–water partition coefficient (Wildman–Crippen LogP) is 4.16. The first-order valence-corrected chi connectivity index (χ1v) is 10.6. The van der Waals surface area contributed by atoms with Gasteiger partial charge in [0.05, 0.1) is 36.0 Å². The Hall–Kier alpha value is -1.99. The second kappa shape index (κ2) is 10.4. The van der Waals surface area contributed by atoms with Crippen LogP contribution >= 0.6 is 23.2 Å². The normalized spacial score (nSPS) is 16.2. The first-order chi connectivity index (χ1) is 14.4. The minimum absolute atomic E-state index is 0.0953. The number of amides is 1. The largest absolute Gasteiger partial charge is 0.497 e. The van der Waals surface area contributed by atoms with Gasteiger partial charge in [0.15, 0.2) is 0 Å². The molecule has 2 aromatic carbocycles. The van der Waals surface area contributed by atoms with Crippen molar-refractivity contribution < 1.29 is 14.3 Å². The molecule has 1 aliphatic heterocycles. The van der Waals surface area contributed by atoms with E-state index in [1.807, 2.05) is 25.1 Å². The van der Waals surface area contributed by atoms with E-state index in [0.717, 1.165) is 49.8 Å². The van der Waals surface area contributed by atoms with Crippen LogP contribution in [0.15, 0.2) is 36.4 Å². The summed E-state index contributed by atoms with van der Waals surface area (Å²) in [5, 5.41) is 3.66. The Labute approximate surface area is 187 Å². The van der Waals surface area contributed by atoms with Crippen molar-refractivity contribution in [3.63, 3.8) is 0 Å². The Morgan fingerprint density at radius 1 is 1.10 bits per heavy atom. The molecule has 0 aliphatic carbocycles. The number of piperazine rings is 1. The van der Waals surface area contributed by atoms with Crippen molar-refractivity contribution in [1.82, 2.24) is 9.80 Å². The van der Waals surface area contributed by atoms with Gasteiger partial charge in [0.1, 0.15) is 11.5 Å². The highest BCUT2D eigenvalue weighted by atomic mass is 35.5. The fourth-order valence-electron chi connectivity index (χ4n) is 3.56. The van der Waals surface area contributed by atoms with Crippen LogP contribution in [-0.4, -0.2) is 62.1 Å². The number of ether oxygens (including phenoxy) is 2. The molecule has 1 amide bonds. The van der Waals surface area contributed by atoms with E-state index in [4.69, 9.17) is 32.7 Å². The van der Waals surface area contributed by atoms with Crippen molar-refractivity contribution in [3.8, 4) is 11.5 Å². The third-order valence-electron chi connectivity index (χ3n) is 5.43. The summed E-state index contributed by atoms with van der Waals surface area (Å²) in [4.78, 5) is 17.2. The van der Waals surface area contributed by atoms with E-state index in [0.29, 0.717) is 15.7 Å². The van der Waals surface area contributed by atoms with E-state index in [2.05, 4.69) is 15.1 Å². The number of benzene rings is 2. The lowest BCUT2D eigenvalue weighted by Crippen LogP contribution is -2.52.